The van der Waals surface area contributed by atoms with Crippen molar-refractivity contribution >= 4 is 17.6 Å². The molecule has 1 heterocycles. The third-order valence-electron chi connectivity index (χ3n) is 2.45. The highest BCUT2D eigenvalue weighted by Gasteiger charge is 2.13. The summed E-state index contributed by atoms with van der Waals surface area (Å²) in [6.07, 6.45) is 1.28. The Morgan fingerprint density at radius 2 is 2.05 bits per heavy atom. The zero-order valence-corrected chi connectivity index (χ0v) is 9.94. The van der Waals surface area contributed by atoms with E-state index in [0.717, 1.165) is 12.1 Å². The van der Waals surface area contributed by atoms with E-state index in [-0.39, 0.29) is 5.69 Å². The number of halogens is 1. The van der Waals surface area contributed by atoms with Gasteiger partial charge in [-0.15, -0.1) is 0 Å². The molecule has 0 aliphatic heterocycles. The number of carboxylic acids is 1. The summed E-state index contributed by atoms with van der Waals surface area (Å²) in [4.78, 5) is 22.4. The van der Waals surface area contributed by atoms with Crippen molar-refractivity contribution in [1.29, 1.82) is 0 Å². The van der Waals surface area contributed by atoms with Gasteiger partial charge in [0.1, 0.15) is 17.8 Å². The Labute approximate surface area is 107 Å². The molecule has 1 amide bonds. The molecule has 1 aromatic carbocycles. The summed E-state index contributed by atoms with van der Waals surface area (Å²) in [5.41, 5.74) is 0.0312. The Balaban J connectivity index is 2.18. The Kier molecular flexibility index (Phi) is 3.33. The molecule has 2 N–H and O–H groups in total. The highest BCUT2D eigenvalue weighted by molar-refractivity contribution is 6.04. The zero-order valence-electron chi connectivity index (χ0n) is 9.94. The van der Waals surface area contributed by atoms with Gasteiger partial charge >= 0.3 is 5.97 Å². The van der Waals surface area contributed by atoms with Crippen molar-refractivity contribution in [2.45, 2.75) is 6.92 Å². The molecule has 0 unspecified atom stereocenters. The fraction of sp³-hybridized carbons (Fsp3) is 0.0769. The summed E-state index contributed by atoms with van der Waals surface area (Å²) >= 11 is 0. The minimum atomic E-state index is -1.36. The van der Waals surface area contributed by atoms with Gasteiger partial charge in [-0.1, -0.05) is 0 Å². The number of aromatic carboxylic acids is 1. The minimum absolute atomic E-state index is 0.173. The van der Waals surface area contributed by atoms with Crippen LogP contribution in [0.3, 0.4) is 0 Å². The van der Waals surface area contributed by atoms with E-state index in [4.69, 9.17) is 9.52 Å². The predicted molar refractivity (Wildman–Crippen MR) is 64.8 cm³/mol. The summed E-state index contributed by atoms with van der Waals surface area (Å²) in [6, 6.07) is 4.90. The highest BCUT2D eigenvalue weighted by atomic mass is 19.1. The van der Waals surface area contributed by atoms with Gasteiger partial charge in [0.15, 0.2) is 0 Å². The average Bonchev–Trinajstić information content (AvgIpc) is 2.75. The van der Waals surface area contributed by atoms with Gasteiger partial charge in [0, 0.05) is 5.69 Å². The maximum absolute atomic E-state index is 13.4. The predicted octanol–water partition coefficient (Wildman–Crippen LogP) is 2.68. The van der Waals surface area contributed by atoms with E-state index in [0.29, 0.717) is 11.3 Å². The van der Waals surface area contributed by atoms with Gasteiger partial charge in [-0.2, -0.15) is 0 Å². The van der Waals surface area contributed by atoms with Gasteiger partial charge < -0.3 is 14.8 Å². The van der Waals surface area contributed by atoms with Crippen LogP contribution in [0.4, 0.5) is 10.1 Å². The SMILES string of the molecule is Cc1cc(C(=O)Nc2ccc(C(=O)O)c(F)c2)co1. The number of aryl methyl sites for hydroxylation is 1. The molecular weight excluding hydrogens is 253 g/mol. The fourth-order valence-electron chi connectivity index (χ4n) is 1.53. The fourth-order valence-corrected chi connectivity index (χ4v) is 1.53. The monoisotopic (exact) mass is 263 g/mol. The molecule has 6 heteroatoms. The average molecular weight is 263 g/mol. The van der Waals surface area contributed by atoms with E-state index in [1.54, 1.807) is 6.92 Å². The molecule has 2 rings (SSSR count). The van der Waals surface area contributed by atoms with E-state index in [1.807, 2.05) is 0 Å². The zero-order chi connectivity index (χ0) is 14.0. The summed E-state index contributed by atoms with van der Waals surface area (Å²) < 4.78 is 18.4. The first-order valence-corrected chi connectivity index (χ1v) is 5.36. The topological polar surface area (TPSA) is 79.5 Å². The lowest BCUT2D eigenvalue weighted by molar-refractivity contribution is 0.0692. The van der Waals surface area contributed by atoms with Crippen molar-refractivity contribution in [2.24, 2.45) is 0 Å². The lowest BCUT2D eigenvalue weighted by Crippen LogP contribution is -2.11. The van der Waals surface area contributed by atoms with Crippen molar-refractivity contribution < 1.29 is 23.5 Å². The number of amides is 1. The first kappa shape index (κ1) is 12.8. The van der Waals surface area contributed by atoms with Crippen LogP contribution >= 0.6 is 0 Å². The van der Waals surface area contributed by atoms with Crippen molar-refractivity contribution in [1.82, 2.24) is 0 Å². The summed E-state index contributed by atoms with van der Waals surface area (Å²) in [5, 5.41) is 11.1. The number of rotatable bonds is 3. The number of carboxylic acid groups (broad SMARTS) is 1. The molecule has 0 bridgehead atoms. The van der Waals surface area contributed by atoms with Crippen LogP contribution in [0, 0.1) is 12.7 Å². The van der Waals surface area contributed by atoms with Gasteiger partial charge in [-0.05, 0) is 31.2 Å². The molecule has 19 heavy (non-hydrogen) atoms. The summed E-state index contributed by atoms with van der Waals surface area (Å²) in [7, 11) is 0. The molecule has 0 aliphatic carbocycles. The Morgan fingerprint density at radius 3 is 2.58 bits per heavy atom. The lowest BCUT2D eigenvalue weighted by atomic mass is 10.2. The van der Waals surface area contributed by atoms with E-state index < -0.39 is 23.3 Å². The first-order valence-electron chi connectivity index (χ1n) is 5.36. The molecule has 0 fully saturated rings. The lowest BCUT2D eigenvalue weighted by Gasteiger charge is -2.04. The molecule has 1 aromatic heterocycles. The van der Waals surface area contributed by atoms with Crippen LogP contribution in [0.5, 0.6) is 0 Å². The smallest absolute Gasteiger partial charge is 0.338 e. The number of furan rings is 1. The van der Waals surface area contributed by atoms with E-state index in [9.17, 15) is 14.0 Å². The third-order valence-corrected chi connectivity index (χ3v) is 2.45. The van der Waals surface area contributed by atoms with Crippen molar-refractivity contribution in [2.75, 3.05) is 5.32 Å². The first-order chi connectivity index (χ1) is 8.97. The largest absolute Gasteiger partial charge is 0.478 e. The van der Waals surface area contributed by atoms with Crippen LogP contribution in [-0.4, -0.2) is 17.0 Å². The quantitative estimate of drug-likeness (QED) is 0.892. The van der Waals surface area contributed by atoms with Crippen LogP contribution < -0.4 is 5.32 Å². The second-order valence-corrected chi connectivity index (χ2v) is 3.90. The van der Waals surface area contributed by atoms with Crippen LogP contribution in [-0.2, 0) is 0 Å². The third kappa shape index (κ3) is 2.79. The number of anilines is 1. The van der Waals surface area contributed by atoms with Gasteiger partial charge in [0.2, 0.25) is 0 Å². The Hall–Kier alpha value is -2.63. The second-order valence-electron chi connectivity index (χ2n) is 3.90. The van der Waals surface area contributed by atoms with Crippen LogP contribution in [0.1, 0.15) is 26.5 Å². The molecular formula is C13H10FNO4. The Bertz CT molecular complexity index is 648. The molecule has 0 atom stereocenters. The number of nitrogens with one attached hydrogen (secondary N) is 1. The van der Waals surface area contributed by atoms with Gasteiger partial charge in [-0.25, -0.2) is 9.18 Å². The van der Waals surface area contributed by atoms with Gasteiger partial charge in [0.05, 0.1) is 11.1 Å². The Morgan fingerprint density at radius 1 is 1.32 bits per heavy atom. The molecule has 0 saturated carbocycles. The maximum atomic E-state index is 13.4. The van der Waals surface area contributed by atoms with E-state index in [1.165, 1.54) is 18.4 Å². The molecule has 0 spiro atoms. The summed E-state index contributed by atoms with van der Waals surface area (Å²) in [5.74, 6) is -2.15. The van der Waals surface area contributed by atoms with Crippen molar-refractivity contribution in [3.05, 3.63) is 53.2 Å². The molecule has 0 aliphatic rings. The maximum Gasteiger partial charge on any atom is 0.338 e. The number of carbonyl (C=O) groups is 2. The van der Waals surface area contributed by atoms with Crippen LogP contribution in [0.15, 0.2) is 34.9 Å². The number of carbonyl (C=O) groups excluding carboxylic acids is 1. The molecule has 0 radical (unpaired) electrons. The van der Waals surface area contributed by atoms with Gasteiger partial charge in [0.25, 0.3) is 5.91 Å². The summed E-state index contributed by atoms with van der Waals surface area (Å²) in [6.45, 7) is 1.69. The normalized spacial score (nSPS) is 10.2. The molecule has 5 nitrogen and oxygen atoms in total. The van der Waals surface area contributed by atoms with Crippen molar-refractivity contribution in [3.63, 3.8) is 0 Å². The van der Waals surface area contributed by atoms with E-state index >= 15 is 0 Å². The van der Waals surface area contributed by atoms with E-state index in [2.05, 4.69) is 5.32 Å². The highest BCUT2D eigenvalue weighted by Crippen LogP contribution is 2.16. The van der Waals surface area contributed by atoms with Gasteiger partial charge in [-0.3, -0.25) is 4.79 Å². The number of benzene rings is 1. The molecule has 0 saturated heterocycles. The second kappa shape index (κ2) is 4.93. The van der Waals surface area contributed by atoms with Crippen LogP contribution in [0.25, 0.3) is 0 Å². The number of hydrogen-bond acceptors (Lipinski definition) is 3. The minimum Gasteiger partial charge on any atom is -0.478 e. The van der Waals surface area contributed by atoms with Crippen LogP contribution in [0.2, 0.25) is 0 Å². The molecule has 98 valence electrons. The molecule has 2 aromatic rings. The van der Waals surface area contributed by atoms with Crippen molar-refractivity contribution in [3.8, 4) is 0 Å². The number of hydrogen-bond donors (Lipinski definition) is 2. The standard InChI is InChI=1S/C13H10FNO4/c1-7-4-8(6-19-7)12(16)15-9-2-3-10(13(17)18)11(14)5-9/h2-6H,1H3,(H,15,16)(H,17,18).